The maximum Gasteiger partial charge on any atom is 0.311 e. The van der Waals surface area contributed by atoms with Crippen molar-refractivity contribution in [1.29, 1.82) is 0 Å². The number of fused-ring (bicyclic) bond motifs is 1. The molecule has 4 rings (SSSR count). The quantitative estimate of drug-likeness (QED) is 0.443. The third-order valence-corrected chi connectivity index (χ3v) is 4.89. The Morgan fingerprint density at radius 3 is 2.52 bits per heavy atom. The van der Waals surface area contributed by atoms with Crippen LogP contribution in [0.5, 0.6) is 5.75 Å². The van der Waals surface area contributed by atoms with Crippen LogP contribution in [-0.4, -0.2) is 35.7 Å². The van der Waals surface area contributed by atoms with Gasteiger partial charge in [-0.3, -0.25) is 19.7 Å². The summed E-state index contributed by atoms with van der Waals surface area (Å²) in [7, 11) is 1.26. The number of aryl methyl sites for hydroxylation is 1. The second-order valence-electron chi connectivity index (χ2n) is 6.57. The molecule has 10 heteroatoms. The number of halogens is 1. The predicted octanol–water partition coefficient (Wildman–Crippen LogP) is 2.34. The molecule has 0 spiro atoms. The van der Waals surface area contributed by atoms with Crippen LogP contribution in [0.2, 0.25) is 0 Å². The summed E-state index contributed by atoms with van der Waals surface area (Å²) in [5.41, 5.74) is 0.915. The number of nitro benzene ring substituents is 1. The van der Waals surface area contributed by atoms with Crippen molar-refractivity contribution in [3.05, 3.63) is 63.5 Å². The predicted molar refractivity (Wildman–Crippen MR) is 98.2 cm³/mol. The van der Waals surface area contributed by atoms with Gasteiger partial charge in [0.25, 0.3) is 5.91 Å². The van der Waals surface area contributed by atoms with E-state index >= 15 is 0 Å². The van der Waals surface area contributed by atoms with E-state index in [2.05, 4.69) is 5.16 Å². The fourth-order valence-electron chi connectivity index (χ4n) is 3.48. The van der Waals surface area contributed by atoms with Gasteiger partial charge in [-0.25, -0.2) is 9.29 Å². The van der Waals surface area contributed by atoms with Gasteiger partial charge in [-0.2, -0.15) is 0 Å². The first-order chi connectivity index (χ1) is 13.8. The summed E-state index contributed by atoms with van der Waals surface area (Å²) in [5.74, 6) is -2.75. The average Bonchev–Trinajstić information content (AvgIpc) is 3.23. The Balaban J connectivity index is 1.74. The molecule has 0 aliphatic carbocycles. The molecule has 0 bridgehead atoms. The number of hydrogen-bond acceptors (Lipinski definition) is 7. The third kappa shape index (κ3) is 2.80. The Hall–Kier alpha value is -3.82. The van der Waals surface area contributed by atoms with Crippen molar-refractivity contribution in [2.45, 2.75) is 13.0 Å². The van der Waals surface area contributed by atoms with Crippen molar-refractivity contribution < 1.29 is 28.5 Å². The minimum Gasteiger partial charge on any atom is -0.490 e. The van der Waals surface area contributed by atoms with Crippen molar-refractivity contribution in [3.63, 3.8) is 0 Å². The maximum absolute atomic E-state index is 13.2. The van der Waals surface area contributed by atoms with E-state index in [-0.39, 0.29) is 22.8 Å². The molecule has 0 N–H and O–H groups in total. The minimum absolute atomic E-state index is 0.0818. The maximum atomic E-state index is 13.2. The molecule has 2 unspecified atom stereocenters. The SMILES string of the molecule is COc1cc(N2C(=O)C3ON=C(c4ccc(F)cc4)C3C2=O)c(C)cc1[N+](=O)[O-]. The molecular formula is C19H14FN3O6. The van der Waals surface area contributed by atoms with Crippen LogP contribution in [0.1, 0.15) is 11.1 Å². The number of rotatable bonds is 4. The Labute approximate surface area is 163 Å². The Bertz CT molecular complexity index is 1080. The van der Waals surface area contributed by atoms with E-state index in [0.717, 1.165) is 4.90 Å². The Morgan fingerprint density at radius 1 is 1.21 bits per heavy atom. The molecule has 1 fully saturated rings. The van der Waals surface area contributed by atoms with Gasteiger partial charge in [0, 0.05) is 17.7 Å². The van der Waals surface area contributed by atoms with Crippen LogP contribution in [0.25, 0.3) is 0 Å². The second kappa shape index (κ2) is 6.66. The molecule has 0 aromatic heterocycles. The number of nitrogens with zero attached hydrogens (tertiary/aromatic N) is 3. The van der Waals surface area contributed by atoms with Gasteiger partial charge in [0.1, 0.15) is 17.4 Å². The van der Waals surface area contributed by atoms with Gasteiger partial charge in [0.05, 0.1) is 17.7 Å². The zero-order valence-corrected chi connectivity index (χ0v) is 15.3. The monoisotopic (exact) mass is 399 g/mol. The van der Waals surface area contributed by atoms with Gasteiger partial charge >= 0.3 is 5.69 Å². The number of methoxy groups -OCH3 is 1. The highest BCUT2D eigenvalue weighted by molar-refractivity contribution is 6.32. The fraction of sp³-hybridized carbons (Fsp3) is 0.211. The zero-order chi connectivity index (χ0) is 20.9. The summed E-state index contributed by atoms with van der Waals surface area (Å²) in [6, 6.07) is 7.84. The van der Waals surface area contributed by atoms with Crippen molar-refractivity contribution in [1.82, 2.24) is 0 Å². The first kappa shape index (κ1) is 18.5. The molecule has 2 aromatic rings. The number of nitro groups is 1. The van der Waals surface area contributed by atoms with Gasteiger partial charge < -0.3 is 9.57 Å². The Kier molecular flexibility index (Phi) is 4.26. The summed E-state index contributed by atoms with van der Waals surface area (Å²) >= 11 is 0. The molecule has 9 nitrogen and oxygen atoms in total. The average molecular weight is 399 g/mol. The van der Waals surface area contributed by atoms with E-state index in [4.69, 9.17) is 9.57 Å². The molecule has 29 heavy (non-hydrogen) atoms. The third-order valence-electron chi connectivity index (χ3n) is 4.89. The fourth-order valence-corrected chi connectivity index (χ4v) is 3.48. The molecular weight excluding hydrogens is 385 g/mol. The first-order valence-electron chi connectivity index (χ1n) is 8.54. The number of imide groups is 1. The van der Waals surface area contributed by atoms with E-state index < -0.39 is 34.6 Å². The summed E-state index contributed by atoms with van der Waals surface area (Å²) in [6.45, 7) is 1.55. The molecule has 0 radical (unpaired) electrons. The first-order valence-corrected chi connectivity index (χ1v) is 8.54. The minimum atomic E-state index is -1.15. The molecule has 148 valence electrons. The van der Waals surface area contributed by atoms with Gasteiger partial charge in [-0.15, -0.1) is 0 Å². The summed E-state index contributed by atoms with van der Waals surface area (Å²) < 4.78 is 18.3. The number of hydrogen-bond donors (Lipinski definition) is 0. The van der Waals surface area contributed by atoms with Crippen LogP contribution in [0.15, 0.2) is 41.6 Å². The van der Waals surface area contributed by atoms with Crippen molar-refractivity contribution in [2.24, 2.45) is 11.1 Å². The van der Waals surface area contributed by atoms with Crippen molar-refractivity contribution in [2.75, 3.05) is 12.0 Å². The van der Waals surface area contributed by atoms with E-state index in [1.165, 1.54) is 43.5 Å². The summed E-state index contributed by atoms with van der Waals surface area (Å²) in [6.07, 6.45) is -1.15. The van der Waals surface area contributed by atoms with E-state index in [1.54, 1.807) is 6.92 Å². The lowest BCUT2D eigenvalue weighted by atomic mass is 9.94. The van der Waals surface area contributed by atoms with Crippen LogP contribution >= 0.6 is 0 Å². The van der Waals surface area contributed by atoms with Crippen molar-refractivity contribution in [3.8, 4) is 5.75 Å². The Morgan fingerprint density at radius 2 is 1.90 bits per heavy atom. The number of carbonyl (C=O) groups is 2. The highest BCUT2D eigenvalue weighted by Crippen LogP contribution is 2.40. The molecule has 2 aromatic carbocycles. The standard InChI is InChI=1S/C19H14FN3O6/c1-9-7-13(23(26)27)14(28-2)8-12(9)22-18(24)15-16(21-29-17(15)19(22)25)10-3-5-11(20)6-4-10/h3-8,15,17H,1-2H3. The highest BCUT2D eigenvalue weighted by Gasteiger charge is 2.56. The normalized spacial score (nSPS) is 20.4. The molecule has 2 aliphatic rings. The lowest BCUT2D eigenvalue weighted by Gasteiger charge is -2.18. The largest absolute Gasteiger partial charge is 0.490 e. The van der Waals surface area contributed by atoms with E-state index in [1.807, 2.05) is 0 Å². The van der Waals surface area contributed by atoms with E-state index in [9.17, 15) is 24.1 Å². The molecule has 1 saturated heterocycles. The van der Waals surface area contributed by atoms with Gasteiger partial charge in [-0.05, 0) is 24.6 Å². The number of ether oxygens (including phenoxy) is 1. The summed E-state index contributed by atoms with van der Waals surface area (Å²) in [4.78, 5) is 42.7. The van der Waals surface area contributed by atoms with Crippen LogP contribution in [0, 0.1) is 28.8 Å². The van der Waals surface area contributed by atoms with Crippen LogP contribution in [0.3, 0.4) is 0 Å². The smallest absolute Gasteiger partial charge is 0.311 e. The molecule has 2 atom stereocenters. The van der Waals surface area contributed by atoms with Gasteiger partial charge in [0.2, 0.25) is 12.0 Å². The number of carbonyl (C=O) groups excluding carboxylic acids is 2. The topological polar surface area (TPSA) is 111 Å². The lowest BCUT2D eigenvalue weighted by molar-refractivity contribution is -0.385. The molecule has 2 heterocycles. The van der Waals surface area contributed by atoms with Crippen LogP contribution < -0.4 is 9.64 Å². The molecule has 0 saturated carbocycles. The van der Waals surface area contributed by atoms with Gasteiger partial charge in [-0.1, -0.05) is 17.3 Å². The lowest BCUT2D eigenvalue weighted by Crippen LogP contribution is -2.33. The number of benzene rings is 2. The highest BCUT2D eigenvalue weighted by atomic mass is 19.1. The molecule has 2 amide bonds. The zero-order valence-electron chi connectivity index (χ0n) is 15.3. The number of amides is 2. The number of oxime groups is 1. The molecule has 2 aliphatic heterocycles. The summed E-state index contributed by atoms with van der Waals surface area (Å²) in [5, 5.41) is 15.0. The van der Waals surface area contributed by atoms with Crippen LogP contribution in [-0.2, 0) is 14.4 Å². The van der Waals surface area contributed by atoms with E-state index in [0.29, 0.717) is 11.1 Å². The van der Waals surface area contributed by atoms with Crippen LogP contribution in [0.4, 0.5) is 15.8 Å². The van der Waals surface area contributed by atoms with Gasteiger partial charge in [0.15, 0.2) is 5.75 Å². The van der Waals surface area contributed by atoms with Crippen molar-refractivity contribution >= 4 is 28.9 Å². The second-order valence-corrected chi connectivity index (χ2v) is 6.57. The number of anilines is 1.